The molecule has 0 aromatic heterocycles. The summed E-state index contributed by atoms with van der Waals surface area (Å²) in [7, 11) is 1.30. The number of β-lactam (4-membered cyclic amide) rings is 1. The normalized spacial score (nSPS) is 26.0. The number of methoxy groups -OCH3 is 1. The number of rotatable bonds is 5. The number of ether oxygens (including phenoxy) is 1. The third-order valence-electron chi connectivity index (χ3n) is 4.50. The molecule has 4 N–H and O–H groups in total. The predicted octanol–water partition coefficient (Wildman–Crippen LogP) is 0.419. The van der Waals surface area contributed by atoms with Crippen molar-refractivity contribution in [1.29, 1.82) is 0 Å². The lowest BCUT2D eigenvalue weighted by Gasteiger charge is -2.55. The van der Waals surface area contributed by atoms with Crippen LogP contribution in [0.5, 0.6) is 0 Å². The minimum atomic E-state index is -1.63. The van der Waals surface area contributed by atoms with E-state index in [2.05, 4.69) is 5.32 Å². The average Bonchev–Trinajstić information content (AvgIpc) is 2.65. The van der Waals surface area contributed by atoms with E-state index in [0.29, 0.717) is 16.9 Å². The van der Waals surface area contributed by atoms with Gasteiger partial charge in [0.25, 0.3) is 11.6 Å². The van der Waals surface area contributed by atoms with Gasteiger partial charge >= 0.3 is 5.97 Å². The lowest BCUT2D eigenvalue weighted by Crippen LogP contribution is -2.81. The summed E-state index contributed by atoms with van der Waals surface area (Å²) in [6.07, 6.45) is 0. The van der Waals surface area contributed by atoms with Crippen LogP contribution in [0.25, 0.3) is 0 Å². The summed E-state index contributed by atoms with van der Waals surface area (Å²) >= 11 is 1.33. The lowest BCUT2D eigenvalue weighted by atomic mass is 9.97. The molecule has 9 heteroatoms. The van der Waals surface area contributed by atoms with E-state index in [1.807, 2.05) is 0 Å². The summed E-state index contributed by atoms with van der Waals surface area (Å²) < 4.78 is 5.36. The van der Waals surface area contributed by atoms with Crippen molar-refractivity contribution >= 4 is 29.5 Å². The van der Waals surface area contributed by atoms with E-state index in [0.717, 1.165) is 4.90 Å². The SMILES string of the molecule is CO[C@@]1(NC(=O)C(N)c2ccccc2)C(=O)N2C(C(=O)O)=C(C)CSC21. The van der Waals surface area contributed by atoms with Crippen molar-refractivity contribution < 1.29 is 24.2 Å². The van der Waals surface area contributed by atoms with Crippen LogP contribution in [0.3, 0.4) is 0 Å². The van der Waals surface area contributed by atoms with Gasteiger partial charge in [0.1, 0.15) is 17.1 Å². The van der Waals surface area contributed by atoms with Gasteiger partial charge in [-0.05, 0) is 18.1 Å². The van der Waals surface area contributed by atoms with Crippen LogP contribution in [0.2, 0.25) is 0 Å². The van der Waals surface area contributed by atoms with Gasteiger partial charge in [-0.2, -0.15) is 0 Å². The van der Waals surface area contributed by atoms with E-state index in [-0.39, 0.29) is 5.70 Å². The Morgan fingerprint density at radius 2 is 2.08 bits per heavy atom. The maximum atomic E-state index is 12.7. The number of nitrogens with one attached hydrogen (secondary N) is 1. The minimum Gasteiger partial charge on any atom is -0.477 e. The molecule has 0 spiro atoms. The molecule has 1 saturated heterocycles. The van der Waals surface area contributed by atoms with Crippen LogP contribution < -0.4 is 11.1 Å². The maximum Gasteiger partial charge on any atom is 0.352 e. The summed E-state index contributed by atoms with van der Waals surface area (Å²) in [6.45, 7) is 1.66. The minimum absolute atomic E-state index is 0.0620. The molecule has 0 bridgehead atoms. The summed E-state index contributed by atoms with van der Waals surface area (Å²) in [4.78, 5) is 38.0. The standard InChI is InChI=1S/C17H19N3O5S/c1-9-8-26-16-17(25-2,15(24)20(16)12(9)14(22)23)19-13(21)11(18)10-6-4-3-5-7-10/h3-7,11,16H,8,18H2,1-2H3,(H,19,21)(H,22,23)/t11?,16?,17-/m0/s1. The Balaban J connectivity index is 1.84. The largest absolute Gasteiger partial charge is 0.477 e. The molecule has 0 radical (unpaired) electrons. The second kappa shape index (κ2) is 6.75. The van der Waals surface area contributed by atoms with E-state index in [1.54, 1.807) is 37.3 Å². The molecule has 1 fully saturated rings. The molecular weight excluding hydrogens is 358 g/mol. The highest BCUT2D eigenvalue weighted by Gasteiger charge is 2.66. The summed E-state index contributed by atoms with van der Waals surface area (Å²) in [5, 5.41) is 11.3. The number of aliphatic carboxylic acids is 1. The number of carboxylic acids is 1. The summed E-state index contributed by atoms with van der Waals surface area (Å²) in [5.41, 5.74) is 5.48. The lowest BCUT2D eigenvalue weighted by molar-refractivity contribution is -0.192. The van der Waals surface area contributed by atoms with Gasteiger partial charge in [0.15, 0.2) is 0 Å². The van der Waals surface area contributed by atoms with Gasteiger partial charge in [0, 0.05) is 12.9 Å². The van der Waals surface area contributed by atoms with E-state index in [4.69, 9.17) is 10.5 Å². The summed E-state index contributed by atoms with van der Waals surface area (Å²) in [5.74, 6) is -1.96. The topological polar surface area (TPSA) is 122 Å². The first-order chi connectivity index (χ1) is 12.3. The number of benzene rings is 1. The van der Waals surface area contributed by atoms with Crippen LogP contribution in [-0.2, 0) is 19.1 Å². The number of carbonyl (C=O) groups is 3. The van der Waals surface area contributed by atoms with Crippen molar-refractivity contribution in [1.82, 2.24) is 10.2 Å². The van der Waals surface area contributed by atoms with Gasteiger partial charge < -0.3 is 20.9 Å². The van der Waals surface area contributed by atoms with Gasteiger partial charge in [-0.1, -0.05) is 30.3 Å². The predicted molar refractivity (Wildman–Crippen MR) is 94.7 cm³/mol. The van der Waals surface area contributed by atoms with E-state index >= 15 is 0 Å². The molecule has 2 heterocycles. The van der Waals surface area contributed by atoms with Gasteiger partial charge in [0.05, 0.1) is 0 Å². The second-order valence-corrected chi connectivity index (χ2v) is 7.16. The molecule has 26 heavy (non-hydrogen) atoms. The number of carboxylic acid groups (broad SMARTS) is 1. The fraction of sp³-hybridized carbons (Fsp3) is 0.353. The Hall–Kier alpha value is -2.36. The first-order valence-electron chi connectivity index (χ1n) is 7.89. The molecular formula is C17H19N3O5S. The number of amides is 2. The molecule has 138 valence electrons. The molecule has 2 amide bonds. The van der Waals surface area contributed by atoms with E-state index in [9.17, 15) is 19.5 Å². The number of thioether (sulfide) groups is 1. The quantitative estimate of drug-likeness (QED) is 0.502. The molecule has 2 unspecified atom stereocenters. The Labute approximate surface area is 154 Å². The number of hydrogen-bond acceptors (Lipinski definition) is 6. The number of nitrogens with two attached hydrogens (primary N) is 1. The molecule has 1 aromatic rings. The highest BCUT2D eigenvalue weighted by molar-refractivity contribution is 8.00. The molecule has 8 nitrogen and oxygen atoms in total. The van der Waals surface area contributed by atoms with Crippen LogP contribution in [0.4, 0.5) is 0 Å². The van der Waals surface area contributed by atoms with Crippen LogP contribution in [0.15, 0.2) is 41.6 Å². The third kappa shape index (κ3) is 2.68. The van der Waals surface area contributed by atoms with Gasteiger partial charge in [-0.25, -0.2) is 4.79 Å². The highest BCUT2D eigenvalue weighted by Crippen LogP contribution is 2.46. The monoisotopic (exact) mass is 377 g/mol. The zero-order chi connectivity index (χ0) is 19.1. The van der Waals surface area contributed by atoms with Crippen LogP contribution >= 0.6 is 11.8 Å². The van der Waals surface area contributed by atoms with Crippen LogP contribution in [0, 0.1) is 0 Å². The van der Waals surface area contributed by atoms with Crippen molar-refractivity contribution in [3.63, 3.8) is 0 Å². The van der Waals surface area contributed by atoms with Crippen molar-refractivity contribution in [2.24, 2.45) is 5.73 Å². The average molecular weight is 377 g/mol. The van der Waals surface area contributed by atoms with Crippen molar-refractivity contribution in [2.45, 2.75) is 24.1 Å². The summed E-state index contributed by atoms with van der Waals surface area (Å²) in [6, 6.07) is 7.77. The van der Waals surface area contributed by atoms with Gasteiger partial charge in [0.2, 0.25) is 5.91 Å². The molecule has 0 aliphatic carbocycles. The van der Waals surface area contributed by atoms with E-state index < -0.39 is 34.9 Å². The molecule has 0 saturated carbocycles. The first kappa shape index (κ1) is 18.4. The first-order valence-corrected chi connectivity index (χ1v) is 8.94. The van der Waals surface area contributed by atoms with Gasteiger partial charge in [-0.15, -0.1) is 11.8 Å². The van der Waals surface area contributed by atoms with E-state index in [1.165, 1.54) is 18.9 Å². The van der Waals surface area contributed by atoms with Crippen molar-refractivity contribution in [3.05, 3.63) is 47.2 Å². The Kier molecular flexibility index (Phi) is 4.78. The van der Waals surface area contributed by atoms with Crippen LogP contribution in [-0.4, -0.2) is 51.8 Å². The molecule has 1 aromatic carbocycles. The molecule has 2 aliphatic heterocycles. The van der Waals surface area contributed by atoms with Crippen molar-refractivity contribution in [3.8, 4) is 0 Å². The maximum absolute atomic E-state index is 12.7. The Morgan fingerprint density at radius 3 is 2.65 bits per heavy atom. The smallest absolute Gasteiger partial charge is 0.352 e. The zero-order valence-electron chi connectivity index (χ0n) is 14.3. The Bertz CT molecular complexity index is 797. The number of fused-ring (bicyclic) bond motifs is 1. The number of hydrogen-bond donors (Lipinski definition) is 3. The second-order valence-electron chi connectivity index (χ2n) is 6.09. The highest BCUT2D eigenvalue weighted by atomic mass is 32.2. The Morgan fingerprint density at radius 1 is 1.42 bits per heavy atom. The van der Waals surface area contributed by atoms with Crippen LogP contribution in [0.1, 0.15) is 18.5 Å². The molecule has 3 rings (SSSR count). The molecule has 3 atom stereocenters. The zero-order valence-corrected chi connectivity index (χ0v) is 15.1. The third-order valence-corrected chi connectivity index (χ3v) is 5.95. The van der Waals surface area contributed by atoms with Crippen molar-refractivity contribution in [2.75, 3.05) is 12.9 Å². The number of carbonyl (C=O) groups excluding carboxylic acids is 2. The fourth-order valence-corrected chi connectivity index (χ4v) is 4.49. The molecule has 2 aliphatic rings. The number of nitrogens with zero attached hydrogens (tertiary/aromatic N) is 1. The van der Waals surface area contributed by atoms with Gasteiger partial charge in [-0.3, -0.25) is 14.5 Å². The fourth-order valence-electron chi connectivity index (χ4n) is 3.11.